The number of aliphatic carboxylic acids is 1. The first kappa shape index (κ1) is 101. The zero-order chi connectivity index (χ0) is 94.5. The minimum absolute atomic E-state index is 0.0596. The molecule has 11 atom stereocenters. The fourth-order valence-electron chi connectivity index (χ4n) is 15.1. The third-order valence-electron chi connectivity index (χ3n) is 22.5. The molecule has 0 unspecified atom stereocenters. The zero-order valence-corrected chi connectivity index (χ0v) is 72.3. The predicted octanol–water partition coefficient (Wildman–Crippen LogP) is 2.08. The van der Waals surface area contributed by atoms with Crippen molar-refractivity contribution in [2.45, 2.75) is 196 Å². The van der Waals surface area contributed by atoms with Gasteiger partial charge in [0.25, 0.3) is 0 Å². The molecule has 1 saturated carbocycles. The number of carbonyl (C=O) groups excluding carboxylic acids is 14. The second-order valence-electron chi connectivity index (χ2n) is 32.1. The number of aliphatic hydroxyl groups is 1. The van der Waals surface area contributed by atoms with Gasteiger partial charge in [0, 0.05) is 121 Å². The highest BCUT2D eigenvalue weighted by Gasteiger charge is 2.46. The van der Waals surface area contributed by atoms with E-state index in [0.717, 1.165) is 44.2 Å². The van der Waals surface area contributed by atoms with E-state index >= 15 is 33.6 Å². The summed E-state index contributed by atoms with van der Waals surface area (Å²) in [5.41, 5.74) is 15.1. The van der Waals surface area contributed by atoms with Gasteiger partial charge in [-0.3, -0.25) is 67.1 Å². The Labute approximate surface area is 740 Å². The van der Waals surface area contributed by atoms with Gasteiger partial charge in [0.15, 0.2) is 0 Å². The van der Waals surface area contributed by atoms with E-state index in [0.29, 0.717) is 69.7 Å². The van der Waals surface area contributed by atoms with E-state index in [1.165, 1.54) is 83.6 Å². The Hall–Kier alpha value is -13.5. The van der Waals surface area contributed by atoms with Crippen molar-refractivity contribution in [2.24, 2.45) is 17.4 Å². The Morgan fingerprint density at radius 3 is 1.77 bits per heavy atom. The van der Waals surface area contributed by atoms with Crippen LogP contribution in [0.4, 0.5) is 17.6 Å². The molecule has 5 aromatic carbocycles. The molecule has 0 spiro atoms. The average Bonchev–Trinajstić information content (AvgIpc) is 1.75. The van der Waals surface area contributed by atoms with E-state index in [1.807, 2.05) is 0 Å². The van der Waals surface area contributed by atoms with Crippen LogP contribution in [0.15, 0.2) is 134 Å². The summed E-state index contributed by atoms with van der Waals surface area (Å²) in [5, 5.41) is 65.0. The number of aromatic nitrogens is 2. The standard InChI is InChI=1S/C87H112FN17O17.C2HF3O2/c1-50(107)91-40-15-13-23-71-82(117)99-68(44-57-47-93-64-37-36-60(110)45-62(57)64)80(115)98-69(43-56-46-92-63-20-11-10-19-61(56)63)81(116)101-76(55-30-31-55)87(122)105(6)74(86(121)104(5)73(42-54-25-32-58(88)33-26-54)83(118)96-65(77(90)112)21-12-14-39-89)48-94-75(111)24-16-22-66(95-51(2)108)78(113)97-67(41-53-27-34-59(109)35-28-53)79(114)100-70(49-106)84(119)103(4)72(85(120)102(71)3)38-29-52-17-8-7-9-18-52;3-2(4,5)1(6)7/h7-11,17-20,25-28,32-37,45-47,55,65-74,76,92-93,106,109-110H,12-16,21-24,29-31,38-44,48-49,89H2,1-6H3,(H2,90,112)(H,91,107)(H,94,111)(H,95,108)(H,96,118)(H,97,113)(H,98,115)(H,99,117)(H,100,114)(H,101,116);(H,6,7)/t65-,66-,67-,68-,69-,70-,71-,72-,73-,74-,76-;/m0./s1. The highest BCUT2D eigenvalue weighted by Crippen LogP contribution is 2.35. The van der Waals surface area contributed by atoms with E-state index in [-0.39, 0.29) is 108 Å². The van der Waals surface area contributed by atoms with Crippen molar-refractivity contribution in [1.82, 2.24) is 77.4 Å². The number of aromatic hydroxyl groups is 2. The SMILES string of the molecule is CC(=O)NCCCC[C@H]1C(=O)N[C@@H](Cc2c[nH]c3ccc(O)cc23)C(=O)N[C@@H](Cc2c[nH]c3ccccc23)C(=O)N[C@@H](C2CC2)C(=O)N(C)[C@H](C(=O)N(C)[C@@H](Cc2ccc(F)cc2)C(=O)N[C@@H](CCCCN)C(N)=O)CNC(=O)CCC[C@H](NC(C)=O)C(=O)N[C@@H](Cc2ccc(O)cc2)C(=O)N[C@@H](CO)C(=O)N(C)[C@@H](CCc2ccccc2)C(=O)N1C.O=C(O)C(F)(F)F. The highest BCUT2D eigenvalue weighted by molar-refractivity contribution is 6.01. The molecule has 36 nitrogen and oxygen atoms in total. The van der Waals surface area contributed by atoms with Crippen LogP contribution in [0.5, 0.6) is 11.5 Å². The van der Waals surface area contributed by atoms with E-state index in [4.69, 9.17) is 21.4 Å². The van der Waals surface area contributed by atoms with Crippen molar-refractivity contribution in [3.05, 3.63) is 167 Å². The lowest BCUT2D eigenvalue weighted by Crippen LogP contribution is -2.63. The lowest BCUT2D eigenvalue weighted by atomic mass is 9.99. The molecular weight excluding hydrogens is 1690 g/mol. The van der Waals surface area contributed by atoms with Crippen LogP contribution in [0.1, 0.15) is 119 Å². The molecule has 1 saturated heterocycles. The molecule has 19 N–H and O–H groups in total. The number of para-hydroxylation sites is 1. The molecule has 2 fully saturated rings. The largest absolute Gasteiger partial charge is 0.508 e. The van der Waals surface area contributed by atoms with E-state index < -0.39 is 187 Å². The second-order valence-corrected chi connectivity index (χ2v) is 32.1. The molecule has 2 aromatic heterocycles. The number of carboxylic acids is 1. The first-order chi connectivity index (χ1) is 61.3. The summed E-state index contributed by atoms with van der Waals surface area (Å²) in [6, 6.07) is 13.8. The number of nitrogens with zero attached hydrogens (tertiary/aromatic N) is 4. The summed E-state index contributed by atoms with van der Waals surface area (Å²) in [6.45, 7) is 1.08. The number of fused-ring (bicyclic) bond motifs is 2. The van der Waals surface area contributed by atoms with Crippen molar-refractivity contribution < 1.29 is 110 Å². The maximum atomic E-state index is 15.9. The number of likely N-dealkylation sites (N-methyl/N-ethyl adjacent to an activating group) is 4. The number of hydrogen-bond donors (Lipinski definition) is 17. The van der Waals surface area contributed by atoms with Gasteiger partial charge in [-0.1, -0.05) is 72.8 Å². The van der Waals surface area contributed by atoms with Crippen LogP contribution in [0.25, 0.3) is 21.8 Å². The molecule has 129 heavy (non-hydrogen) atoms. The Balaban J connectivity index is 0.00000281. The van der Waals surface area contributed by atoms with Gasteiger partial charge in [-0.15, -0.1) is 0 Å². The number of primary amides is 1. The number of rotatable bonds is 28. The number of nitrogens with one attached hydrogen (secondary N) is 11. The molecule has 3 heterocycles. The number of halogens is 4. The molecular formula is C89H113F4N17O19. The lowest BCUT2D eigenvalue weighted by Gasteiger charge is -2.36. The van der Waals surface area contributed by atoms with Gasteiger partial charge < -0.3 is 109 Å². The average molecular weight is 1800 g/mol. The summed E-state index contributed by atoms with van der Waals surface area (Å²) >= 11 is 0. The number of H-pyrrole nitrogens is 2. The van der Waals surface area contributed by atoms with Crippen LogP contribution in [0.3, 0.4) is 0 Å². The number of alkyl halides is 3. The van der Waals surface area contributed by atoms with Crippen LogP contribution in [-0.2, 0) is 104 Å². The van der Waals surface area contributed by atoms with Gasteiger partial charge in [-0.25, -0.2) is 9.18 Å². The van der Waals surface area contributed by atoms with Crippen LogP contribution in [0, 0.1) is 11.7 Å². The Kier molecular flexibility index (Phi) is 37.4. The van der Waals surface area contributed by atoms with Gasteiger partial charge in [-0.2, -0.15) is 13.2 Å². The van der Waals surface area contributed by atoms with E-state index in [9.17, 15) is 66.4 Å². The number of phenolic OH excluding ortho intramolecular Hbond substituents is 2. The second kappa shape index (κ2) is 47.9. The number of carboxylic acid groups (broad SMARTS) is 1. The van der Waals surface area contributed by atoms with Crippen LogP contribution in [0.2, 0.25) is 0 Å². The van der Waals surface area contributed by atoms with Gasteiger partial charge in [-0.05, 0) is 166 Å². The molecule has 0 radical (unpaired) electrons. The number of phenols is 2. The molecule has 2 aliphatic rings. The lowest BCUT2D eigenvalue weighted by molar-refractivity contribution is -0.192. The van der Waals surface area contributed by atoms with Crippen molar-refractivity contribution >= 4 is 110 Å². The number of unbranched alkanes of at least 4 members (excludes halogenated alkanes) is 2. The highest BCUT2D eigenvalue weighted by atomic mass is 19.4. The maximum absolute atomic E-state index is 15.9. The van der Waals surface area contributed by atoms with Gasteiger partial charge in [0.05, 0.1) is 6.61 Å². The molecule has 0 bridgehead atoms. The monoisotopic (exact) mass is 1800 g/mol. The fraction of sp³-hybridized carbons (Fsp3) is 0.449. The van der Waals surface area contributed by atoms with Crippen molar-refractivity contribution in [3.8, 4) is 11.5 Å². The summed E-state index contributed by atoms with van der Waals surface area (Å²) in [6.07, 6.45) is -2.11. The third-order valence-corrected chi connectivity index (χ3v) is 22.5. The van der Waals surface area contributed by atoms with Crippen molar-refractivity contribution in [1.29, 1.82) is 0 Å². The number of benzene rings is 5. The maximum Gasteiger partial charge on any atom is 0.490 e. The summed E-state index contributed by atoms with van der Waals surface area (Å²) in [7, 11) is 5.09. The van der Waals surface area contributed by atoms with Gasteiger partial charge in [0.1, 0.15) is 83.8 Å². The molecule has 1 aliphatic heterocycles. The Morgan fingerprint density at radius 1 is 0.597 bits per heavy atom. The van der Waals surface area contributed by atoms with Crippen LogP contribution < -0.4 is 59.3 Å². The minimum Gasteiger partial charge on any atom is -0.508 e. The molecule has 9 rings (SSSR count). The first-order valence-corrected chi connectivity index (χ1v) is 42.2. The Bertz CT molecular complexity index is 5090. The van der Waals surface area contributed by atoms with E-state index in [1.54, 1.807) is 73.1 Å². The number of nitrogens with two attached hydrogens (primary N) is 2. The Morgan fingerprint density at radius 2 is 1.16 bits per heavy atom. The number of amides is 14. The van der Waals surface area contributed by atoms with Gasteiger partial charge in [0.2, 0.25) is 82.7 Å². The first-order valence-electron chi connectivity index (χ1n) is 42.2. The fourth-order valence-corrected chi connectivity index (χ4v) is 15.1. The quantitative estimate of drug-likeness (QED) is 0.0246. The number of aromatic amines is 2. The van der Waals surface area contributed by atoms with Crippen molar-refractivity contribution in [2.75, 3.05) is 54.4 Å². The number of hydrogen-bond acceptors (Lipinski definition) is 19. The molecule has 14 amide bonds. The minimum atomic E-state index is -5.08. The predicted molar refractivity (Wildman–Crippen MR) is 463 cm³/mol. The van der Waals surface area contributed by atoms with Gasteiger partial charge >= 0.3 is 12.1 Å². The summed E-state index contributed by atoms with van der Waals surface area (Å²) < 4.78 is 46.3. The number of carbonyl (C=O) groups is 15. The zero-order valence-electron chi connectivity index (χ0n) is 72.3. The number of aryl methyl sites for hydroxylation is 1. The molecule has 696 valence electrons. The van der Waals surface area contributed by atoms with E-state index in [2.05, 4.69) is 57.8 Å². The smallest absolute Gasteiger partial charge is 0.490 e. The van der Waals surface area contributed by atoms with Crippen LogP contribution >= 0.6 is 0 Å². The van der Waals surface area contributed by atoms with Crippen molar-refractivity contribution in [3.63, 3.8) is 0 Å². The topological polar surface area (TPSA) is 542 Å². The normalized spacial score (nSPS) is 20.7. The summed E-state index contributed by atoms with van der Waals surface area (Å²) in [4.78, 5) is 226. The number of aliphatic hydroxyl groups excluding tert-OH is 1. The van der Waals surface area contributed by atoms with Crippen LogP contribution in [-0.4, -0.2) is 266 Å². The third kappa shape index (κ3) is 29.8. The molecule has 1 aliphatic carbocycles. The molecule has 7 aromatic rings. The summed E-state index contributed by atoms with van der Waals surface area (Å²) in [5.74, 6) is -16.4. The molecule has 40 heteroatoms.